The molecule has 0 saturated carbocycles. The van der Waals surface area contributed by atoms with Crippen molar-refractivity contribution in [3.8, 4) is 5.75 Å². The van der Waals surface area contributed by atoms with E-state index in [1.807, 2.05) is 26.0 Å². The first-order chi connectivity index (χ1) is 12.4. The average Bonchev–Trinajstić information content (AvgIpc) is 3.06. The number of nitrogens with one attached hydrogen (secondary N) is 1. The molecule has 140 valence electrons. The molecule has 0 bridgehead atoms. The maximum absolute atomic E-state index is 12.2. The Morgan fingerprint density at radius 3 is 2.58 bits per heavy atom. The van der Waals surface area contributed by atoms with Crippen molar-refractivity contribution < 1.29 is 19.1 Å². The number of hydrogen-bond donors (Lipinski definition) is 2. The molecule has 0 aliphatic heterocycles. The second kappa shape index (κ2) is 9.28. The summed E-state index contributed by atoms with van der Waals surface area (Å²) in [5.41, 5.74) is 2.40. The first kappa shape index (κ1) is 19.8. The molecule has 0 unspecified atom stereocenters. The van der Waals surface area contributed by atoms with Crippen molar-refractivity contribution in [2.45, 2.75) is 33.5 Å². The van der Waals surface area contributed by atoms with Crippen LogP contribution in [0.25, 0.3) is 0 Å². The van der Waals surface area contributed by atoms with E-state index >= 15 is 0 Å². The van der Waals surface area contributed by atoms with Crippen LogP contribution in [-0.4, -0.2) is 40.1 Å². The Morgan fingerprint density at radius 2 is 1.96 bits per heavy atom. The molecule has 0 fully saturated rings. The number of rotatable bonds is 8. The highest BCUT2D eigenvalue weighted by Crippen LogP contribution is 2.16. The summed E-state index contributed by atoms with van der Waals surface area (Å²) in [6, 6.07) is 6.66. The molecule has 0 saturated heterocycles. The van der Waals surface area contributed by atoms with Gasteiger partial charge in [-0.25, -0.2) is 9.48 Å². The number of carbonyl (C=O) groups excluding carboxylic acids is 2. The molecule has 1 atom stereocenters. The highest BCUT2D eigenvalue weighted by Gasteiger charge is 2.22. The number of thiol groups is 1. The number of nitrogens with zero attached hydrogens (tertiary/aromatic N) is 2. The maximum Gasteiger partial charge on any atom is 0.329 e. The third-order valence-corrected chi connectivity index (χ3v) is 3.86. The summed E-state index contributed by atoms with van der Waals surface area (Å²) in [5, 5.41) is 6.73. The van der Waals surface area contributed by atoms with E-state index in [0.29, 0.717) is 0 Å². The number of hydrogen-bond acceptors (Lipinski definition) is 6. The van der Waals surface area contributed by atoms with Gasteiger partial charge in [-0.2, -0.15) is 17.7 Å². The first-order valence-corrected chi connectivity index (χ1v) is 8.89. The summed E-state index contributed by atoms with van der Waals surface area (Å²) in [7, 11) is 0. The topological polar surface area (TPSA) is 82.5 Å². The van der Waals surface area contributed by atoms with Crippen molar-refractivity contribution in [3.05, 3.63) is 47.3 Å². The van der Waals surface area contributed by atoms with Gasteiger partial charge in [0.15, 0.2) is 6.73 Å². The van der Waals surface area contributed by atoms with E-state index in [4.69, 9.17) is 9.47 Å². The molecule has 0 aliphatic carbocycles. The predicted octanol–water partition coefficient (Wildman–Crippen LogP) is 2.13. The van der Waals surface area contributed by atoms with Crippen molar-refractivity contribution in [2.75, 3.05) is 12.4 Å². The number of esters is 1. The molecule has 26 heavy (non-hydrogen) atoms. The second-order valence-corrected chi connectivity index (χ2v) is 6.16. The minimum Gasteiger partial charge on any atom is -0.471 e. The van der Waals surface area contributed by atoms with Gasteiger partial charge in [0.05, 0.1) is 6.61 Å². The van der Waals surface area contributed by atoms with E-state index < -0.39 is 17.9 Å². The lowest BCUT2D eigenvalue weighted by molar-refractivity contribution is -0.144. The van der Waals surface area contributed by atoms with Crippen LogP contribution in [0, 0.1) is 13.8 Å². The van der Waals surface area contributed by atoms with Crippen LogP contribution >= 0.6 is 12.6 Å². The van der Waals surface area contributed by atoms with Crippen LogP contribution in [0.15, 0.2) is 30.5 Å². The SMILES string of the molecule is CCOC(=O)[C@H](CS)NC(=O)c1ccn(COc2cc(C)cc(C)c2)n1. The summed E-state index contributed by atoms with van der Waals surface area (Å²) >= 11 is 4.07. The van der Waals surface area contributed by atoms with Crippen molar-refractivity contribution in [3.63, 3.8) is 0 Å². The number of amides is 1. The molecule has 1 aromatic heterocycles. The van der Waals surface area contributed by atoms with Crippen molar-refractivity contribution in [2.24, 2.45) is 0 Å². The molecule has 8 heteroatoms. The van der Waals surface area contributed by atoms with Crippen LogP contribution in [0.5, 0.6) is 5.75 Å². The number of ether oxygens (including phenoxy) is 2. The van der Waals surface area contributed by atoms with Gasteiger partial charge in [-0.15, -0.1) is 0 Å². The van der Waals surface area contributed by atoms with Crippen LogP contribution in [0.2, 0.25) is 0 Å². The summed E-state index contributed by atoms with van der Waals surface area (Å²) in [5.74, 6) is -0.113. The largest absolute Gasteiger partial charge is 0.471 e. The van der Waals surface area contributed by atoms with E-state index in [1.54, 1.807) is 19.2 Å². The maximum atomic E-state index is 12.2. The molecule has 1 aromatic carbocycles. The lowest BCUT2D eigenvalue weighted by Gasteiger charge is -2.14. The zero-order valence-corrected chi connectivity index (χ0v) is 16.0. The molecule has 0 spiro atoms. The number of benzene rings is 1. The van der Waals surface area contributed by atoms with E-state index in [2.05, 4.69) is 29.1 Å². The van der Waals surface area contributed by atoms with Crippen LogP contribution in [0.3, 0.4) is 0 Å². The van der Waals surface area contributed by atoms with Gasteiger partial charge in [0, 0.05) is 11.9 Å². The first-order valence-electron chi connectivity index (χ1n) is 8.25. The average molecular weight is 377 g/mol. The smallest absolute Gasteiger partial charge is 0.329 e. The molecule has 2 rings (SSSR count). The van der Waals surface area contributed by atoms with Crippen molar-refractivity contribution in [1.82, 2.24) is 15.1 Å². The van der Waals surface area contributed by atoms with Gasteiger partial charge in [-0.3, -0.25) is 4.79 Å². The highest BCUT2D eigenvalue weighted by atomic mass is 32.1. The molecular formula is C18H23N3O4S. The van der Waals surface area contributed by atoms with Gasteiger partial charge in [-0.1, -0.05) is 6.07 Å². The summed E-state index contributed by atoms with van der Waals surface area (Å²) < 4.78 is 12.1. The minimum absolute atomic E-state index is 0.140. The number of carbonyl (C=O) groups is 2. The van der Waals surface area contributed by atoms with Crippen LogP contribution in [-0.2, 0) is 16.3 Å². The zero-order valence-electron chi connectivity index (χ0n) is 15.1. The van der Waals surface area contributed by atoms with Gasteiger partial charge in [0.2, 0.25) is 0 Å². The van der Waals surface area contributed by atoms with E-state index in [1.165, 1.54) is 4.68 Å². The van der Waals surface area contributed by atoms with Gasteiger partial charge >= 0.3 is 5.97 Å². The minimum atomic E-state index is -0.817. The zero-order chi connectivity index (χ0) is 19.1. The Bertz CT molecular complexity index is 755. The van der Waals surface area contributed by atoms with Gasteiger partial charge < -0.3 is 14.8 Å². The van der Waals surface area contributed by atoms with E-state index in [9.17, 15) is 9.59 Å². The third kappa shape index (κ3) is 5.52. The quantitative estimate of drug-likeness (QED) is 0.544. The highest BCUT2D eigenvalue weighted by molar-refractivity contribution is 7.80. The lowest BCUT2D eigenvalue weighted by Crippen LogP contribution is -2.43. The fourth-order valence-corrected chi connectivity index (χ4v) is 2.61. The molecule has 2 aromatic rings. The van der Waals surface area contributed by atoms with Crippen LogP contribution in [0.1, 0.15) is 28.5 Å². The molecule has 1 N–H and O–H groups in total. The fraction of sp³-hybridized carbons (Fsp3) is 0.389. The van der Waals surface area contributed by atoms with Crippen molar-refractivity contribution >= 4 is 24.5 Å². The molecule has 7 nitrogen and oxygen atoms in total. The summed E-state index contributed by atoms with van der Waals surface area (Å²) in [6.07, 6.45) is 1.64. The second-order valence-electron chi connectivity index (χ2n) is 5.80. The van der Waals surface area contributed by atoms with Gasteiger partial charge in [0.1, 0.15) is 17.5 Å². The van der Waals surface area contributed by atoms with Gasteiger partial charge in [-0.05, 0) is 50.1 Å². The molecular weight excluding hydrogens is 354 g/mol. The van der Waals surface area contributed by atoms with Crippen LogP contribution in [0.4, 0.5) is 0 Å². The molecule has 1 heterocycles. The molecule has 0 aliphatic rings. The molecule has 0 radical (unpaired) electrons. The Balaban J connectivity index is 1.95. The predicted molar refractivity (Wildman–Crippen MR) is 101 cm³/mol. The monoisotopic (exact) mass is 377 g/mol. The third-order valence-electron chi connectivity index (χ3n) is 3.49. The summed E-state index contributed by atoms with van der Waals surface area (Å²) in [6.45, 7) is 6.11. The Labute approximate surface area is 158 Å². The molecule has 1 amide bonds. The Hall–Kier alpha value is -2.48. The van der Waals surface area contributed by atoms with E-state index in [0.717, 1.165) is 16.9 Å². The van der Waals surface area contributed by atoms with E-state index in [-0.39, 0.29) is 24.8 Å². The normalized spacial score (nSPS) is 11.7. The standard InChI is InChI=1S/C18H23N3O4S/c1-4-24-18(23)16(10-26)19-17(22)15-5-6-21(20-15)11-25-14-8-12(2)7-13(3)9-14/h5-9,16,26H,4,10-11H2,1-3H3,(H,19,22)/t16-/m0/s1. The summed E-state index contributed by atoms with van der Waals surface area (Å²) in [4.78, 5) is 24.0. The van der Waals surface area contributed by atoms with Gasteiger partial charge in [0.25, 0.3) is 5.91 Å². The van der Waals surface area contributed by atoms with Crippen molar-refractivity contribution in [1.29, 1.82) is 0 Å². The van der Waals surface area contributed by atoms with Crippen LogP contribution < -0.4 is 10.1 Å². The fourth-order valence-electron chi connectivity index (χ4n) is 2.37. The Morgan fingerprint density at radius 1 is 1.27 bits per heavy atom. The lowest BCUT2D eigenvalue weighted by atomic mass is 10.1. The number of aromatic nitrogens is 2. The number of aryl methyl sites for hydroxylation is 2. The Kier molecular flexibility index (Phi) is 7.08.